The normalized spacial score (nSPS) is 12.5. The molecule has 2 heterocycles. The number of hydrogen-bond donors (Lipinski definition) is 1. The average Bonchev–Trinajstić information content (AvgIpc) is 3.10. The third-order valence-corrected chi connectivity index (χ3v) is 4.89. The summed E-state index contributed by atoms with van der Waals surface area (Å²) in [6, 6.07) is 9.85. The molecule has 21 heavy (non-hydrogen) atoms. The van der Waals surface area contributed by atoms with Gasteiger partial charge in [0.25, 0.3) is 5.89 Å². The number of hydrogen-bond acceptors (Lipinski definition) is 5. The van der Waals surface area contributed by atoms with Crippen molar-refractivity contribution in [3.05, 3.63) is 57.8 Å². The second kappa shape index (κ2) is 5.97. The van der Waals surface area contributed by atoms with Crippen LogP contribution < -0.4 is 5.32 Å². The van der Waals surface area contributed by atoms with Crippen LogP contribution in [0, 0.1) is 6.92 Å². The van der Waals surface area contributed by atoms with Gasteiger partial charge in [0.05, 0.1) is 5.02 Å². The summed E-state index contributed by atoms with van der Waals surface area (Å²) in [5.74, 6) is 0.991. The van der Waals surface area contributed by atoms with E-state index in [1.807, 2.05) is 49.7 Å². The first-order valence-corrected chi connectivity index (χ1v) is 7.76. The minimum Gasteiger partial charge on any atom is -0.418 e. The maximum Gasteiger partial charge on any atom is 0.259 e. The molecule has 0 aliphatic rings. The number of aromatic nitrogens is 2. The SMILES string of the molecule is CNC(c1ccccc1)c1nnc(-c2scc(C)c2Cl)o1. The van der Waals surface area contributed by atoms with E-state index in [1.54, 1.807) is 0 Å². The van der Waals surface area contributed by atoms with Gasteiger partial charge in [0.15, 0.2) is 0 Å². The molecule has 0 aliphatic heterocycles. The Morgan fingerprint density at radius 3 is 2.62 bits per heavy atom. The van der Waals surface area contributed by atoms with Gasteiger partial charge in [0.2, 0.25) is 5.89 Å². The van der Waals surface area contributed by atoms with Gasteiger partial charge in [0.1, 0.15) is 10.9 Å². The van der Waals surface area contributed by atoms with Crippen molar-refractivity contribution in [2.24, 2.45) is 0 Å². The lowest BCUT2D eigenvalue weighted by atomic mass is 10.1. The highest BCUT2D eigenvalue weighted by atomic mass is 35.5. The van der Waals surface area contributed by atoms with Gasteiger partial charge >= 0.3 is 0 Å². The average molecular weight is 320 g/mol. The zero-order chi connectivity index (χ0) is 14.8. The minimum atomic E-state index is -0.132. The molecule has 0 bridgehead atoms. The van der Waals surface area contributed by atoms with E-state index < -0.39 is 0 Å². The highest BCUT2D eigenvalue weighted by Crippen LogP contribution is 2.36. The molecular formula is C15H14ClN3OS. The van der Waals surface area contributed by atoms with Crippen LogP contribution in [0.3, 0.4) is 0 Å². The smallest absolute Gasteiger partial charge is 0.259 e. The van der Waals surface area contributed by atoms with Gasteiger partial charge in [0, 0.05) is 0 Å². The van der Waals surface area contributed by atoms with Gasteiger partial charge < -0.3 is 9.73 Å². The standard InChI is InChI=1S/C15H14ClN3OS/c1-9-8-21-13(11(9)16)15-19-18-14(20-15)12(17-2)10-6-4-3-5-7-10/h3-8,12,17H,1-2H3. The number of nitrogens with one attached hydrogen (secondary N) is 1. The predicted octanol–water partition coefficient (Wildman–Crippen LogP) is 4.07. The van der Waals surface area contributed by atoms with Crippen molar-refractivity contribution in [3.63, 3.8) is 0 Å². The molecule has 3 rings (SSSR count). The summed E-state index contributed by atoms with van der Waals surface area (Å²) in [4.78, 5) is 0.816. The lowest BCUT2D eigenvalue weighted by Gasteiger charge is -2.11. The summed E-state index contributed by atoms with van der Waals surface area (Å²) in [5, 5.41) is 14.1. The molecule has 0 fully saturated rings. The monoisotopic (exact) mass is 319 g/mol. The molecule has 1 unspecified atom stereocenters. The van der Waals surface area contributed by atoms with Gasteiger partial charge in [-0.05, 0) is 30.5 Å². The summed E-state index contributed by atoms with van der Waals surface area (Å²) in [6.07, 6.45) is 0. The van der Waals surface area contributed by atoms with E-state index in [0.717, 1.165) is 16.0 Å². The van der Waals surface area contributed by atoms with Crippen LogP contribution in [0.1, 0.15) is 23.1 Å². The van der Waals surface area contributed by atoms with Gasteiger partial charge in [-0.15, -0.1) is 21.5 Å². The number of rotatable bonds is 4. The molecule has 0 saturated heterocycles. The Kier molecular flexibility index (Phi) is 4.05. The van der Waals surface area contributed by atoms with E-state index in [-0.39, 0.29) is 6.04 Å². The molecule has 4 nitrogen and oxygen atoms in total. The summed E-state index contributed by atoms with van der Waals surface area (Å²) < 4.78 is 5.81. The molecule has 6 heteroatoms. The van der Waals surface area contributed by atoms with E-state index in [0.29, 0.717) is 16.8 Å². The first-order chi connectivity index (χ1) is 10.2. The Morgan fingerprint density at radius 1 is 1.24 bits per heavy atom. The number of thiophene rings is 1. The molecule has 2 aromatic heterocycles. The number of halogens is 1. The molecule has 0 aliphatic carbocycles. The van der Waals surface area contributed by atoms with Crippen LogP contribution >= 0.6 is 22.9 Å². The Hall–Kier alpha value is -1.69. The molecule has 0 saturated carbocycles. The molecule has 1 N–H and O–H groups in total. The second-order valence-electron chi connectivity index (χ2n) is 4.64. The highest BCUT2D eigenvalue weighted by Gasteiger charge is 2.21. The Balaban J connectivity index is 1.96. The summed E-state index contributed by atoms with van der Waals surface area (Å²) in [7, 11) is 1.86. The van der Waals surface area contributed by atoms with Crippen LogP contribution in [0.25, 0.3) is 10.8 Å². The van der Waals surface area contributed by atoms with Crippen molar-refractivity contribution in [1.82, 2.24) is 15.5 Å². The molecule has 108 valence electrons. The zero-order valence-corrected chi connectivity index (χ0v) is 13.2. The van der Waals surface area contributed by atoms with Crippen molar-refractivity contribution in [2.45, 2.75) is 13.0 Å². The molecule has 3 aromatic rings. The topological polar surface area (TPSA) is 51.0 Å². The van der Waals surface area contributed by atoms with E-state index in [2.05, 4.69) is 15.5 Å². The molecular weight excluding hydrogens is 306 g/mol. The lowest BCUT2D eigenvalue weighted by molar-refractivity contribution is 0.456. The number of nitrogens with zero attached hydrogens (tertiary/aromatic N) is 2. The number of aryl methyl sites for hydroxylation is 1. The summed E-state index contributed by atoms with van der Waals surface area (Å²) >= 11 is 7.76. The van der Waals surface area contributed by atoms with Crippen molar-refractivity contribution in [1.29, 1.82) is 0 Å². The lowest BCUT2D eigenvalue weighted by Crippen LogP contribution is -2.17. The minimum absolute atomic E-state index is 0.132. The maximum absolute atomic E-state index is 6.25. The van der Waals surface area contributed by atoms with Crippen molar-refractivity contribution >= 4 is 22.9 Å². The van der Waals surface area contributed by atoms with E-state index in [9.17, 15) is 0 Å². The fraction of sp³-hybridized carbons (Fsp3) is 0.200. The van der Waals surface area contributed by atoms with Crippen LogP contribution in [0.2, 0.25) is 5.02 Å². The second-order valence-corrected chi connectivity index (χ2v) is 5.90. The zero-order valence-electron chi connectivity index (χ0n) is 11.6. The van der Waals surface area contributed by atoms with Crippen LogP contribution in [0.4, 0.5) is 0 Å². The van der Waals surface area contributed by atoms with E-state index in [1.165, 1.54) is 11.3 Å². The van der Waals surface area contributed by atoms with Crippen LogP contribution in [0.15, 0.2) is 40.1 Å². The largest absolute Gasteiger partial charge is 0.418 e. The first kappa shape index (κ1) is 14.3. The summed E-state index contributed by atoms with van der Waals surface area (Å²) in [6.45, 7) is 1.96. The predicted molar refractivity (Wildman–Crippen MR) is 84.7 cm³/mol. The van der Waals surface area contributed by atoms with Crippen LogP contribution in [-0.4, -0.2) is 17.2 Å². The van der Waals surface area contributed by atoms with Crippen LogP contribution in [0.5, 0.6) is 0 Å². The maximum atomic E-state index is 6.25. The third-order valence-electron chi connectivity index (χ3n) is 3.20. The first-order valence-electron chi connectivity index (χ1n) is 6.50. The quantitative estimate of drug-likeness (QED) is 0.787. The molecule has 1 atom stereocenters. The van der Waals surface area contributed by atoms with Crippen LogP contribution in [-0.2, 0) is 0 Å². The summed E-state index contributed by atoms with van der Waals surface area (Å²) in [5.41, 5.74) is 2.09. The third kappa shape index (κ3) is 2.72. The van der Waals surface area contributed by atoms with Crippen molar-refractivity contribution in [2.75, 3.05) is 7.05 Å². The van der Waals surface area contributed by atoms with Crippen molar-refractivity contribution < 1.29 is 4.42 Å². The van der Waals surface area contributed by atoms with Gasteiger partial charge in [-0.25, -0.2) is 0 Å². The van der Waals surface area contributed by atoms with Crippen molar-refractivity contribution in [3.8, 4) is 10.8 Å². The van der Waals surface area contributed by atoms with Gasteiger partial charge in [-0.2, -0.15) is 0 Å². The Morgan fingerprint density at radius 2 is 2.00 bits per heavy atom. The fourth-order valence-corrected chi connectivity index (χ4v) is 3.29. The fourth-order valence-electron chi connectivity index (χ4n) is 2.10. The number of benzene rings is 1. The highest BCUT2D eigenvalue weighted by molar-refractivity contribution is 7.14. The van der Waals surface area contributed by atoms with E-state index >= 15 is 0 Å². The molecule has 0 spiro atoms. The molecule has 0 radical (unpaired) electrons. The van der Waals surface area contributed by atoms with Gasteiger partial charge in [-0.1, -0.05) is 41.9 Å². The Bertz CT molecular complexity index is 738. The Labute approximate surface area is 131 Å². The van der Waals surface area contributed by atoms with Gasteiger partial charge in [-0.3, -0.25) is 0 Å². The molecule has 1 aromatic carbocycles. The molecule has 0 amide bonds. The van der Waals surface area contributed by atoms with E-state index in [4.69, 9.17) is 16.0 Å².